The number of benzene rings is 1. The predicted molar refractivity (Wildman–Crippen MR) is 78.5 cm³/mol. The van der Waals surface area contributed by atoms with Gasteiger partial charge >= 0.3 is 0 Å². The third kappa shape index (κ3) is 3.01. The van der Waals surface area contributed by atoms with Gasteiger partial charge in [0.1, 0.15) is 0 Å². The van der Waals surface area contributed by atoms with Crippen LogP contribution < -0.4 is 0 Å². The van der Waals surface area contributed by atoms with Crippen molar-refractivity contribution >= 4 is 0 Å². The highest BCUT2D eigenvalue weighted by Gasteiger charge is 2.28. The highest BCUT2D eigenvalue weighted by Crippen LogP contribution is 2.34. The largest absolute Gasteiger partial charge is 0.388 e. The van der Waals surface area contributed by atoms with E-state index in [-0.39, 0.29) is 12.0 Å². The monoisotopic (exact) mass is 262 g/mol. The zero-order chi connectivity index (χ0) is 13.8. The fraction of sp³-hybridized carbons (Fsp3) is 0.647. The predicted octanol–water partition coefficient (Wildman–Crippen LogP) is 3.44. The second-order valence-electron chi connectivity index (χ2n) is 5.46. The van der Waals surface area contributed by atoms with E-state index in [0.717, 1.165) is 32.3 Å². The maximum absolute atomic E-state index is 10.7. The summed E-state index contributed by atoms with van der Waals surface area (Å²) in [5.74, 6) is 0.267. The van der Waals surface area contributed by atoms with Crippen molar-refractivity contribution in [2.75, 3.05) is 13.2 Å². The summed E-state index contributed by atoms with van der Waals surface area (Å²) in [5.41, 5.74) is 5.19. The van der Waals surface area contributed by atoms with E-state index in [0.29, 0.717) is 6.61 Å². The van der Waals surface area contributed by atoms with E-state index in [4.69, 9.17) is 4.74 Å². The molecule has 0 spiro atoms. The topological polar surface area (TPSA) is 29.5 Å². The van der Waals surface area contributed by atoms with Gasteiger partial charge in [-0.15, -0.1) is 0 Å². The Bertz CT molecular complexity index is 394. The lowest BCUT2D eigenvalue weighted by Gasteiger charge is -2.24. The van der Waals surface area contributed by atoms with Crippen molar-refractivity contribution in [3.63, 3.8) is 0 Å². The Labute approximate surface area is 116 Å². The molecule has 1 aliphatic heterocycles. The Balaban J connectivity index is 2.40. The van der Waals surface area contributed by atoms with Crippen LogP contribution in [0.3, 0.4) is 0 Å². The van der Waals surface area contributed by atoms with Gasteiger partial charge in [-0.25, -0.2) is 0 Å². The van der Waals surface area contributed by atoms with Crippen LogP contribution in [0.4, 0.5) is 0 Å². The van der Waals surface area contributed by atoms with Crippen LogP contribution in [-0.4, -0.2) is 18.3 Å². The van der Waals surface area contributed by atoms with Crippen LogP contribution in [-0.2, 0) is 24.0 Å². The molecule has 106 valence electrons. The first-order valence-corrected chi connectivity index (χ1v) is 7.61. The number of aliphatic hydroxyl groups is 1. The fourth-order valence-corrected chi connectivity index (χ4v) is 3.06. The first kappa shape index (κ1) is 14.5. The summed E-state index contributed by atoms with van der Waals surface area (Å²) >= 11 is 0. The Hall–Kier alpha value is -0.860. The second kappa shape index (κ2) is 6.53. The normalized spacial score (nSPS) is 20.7. The van der Waals surface area contributed by atoms with Crippen LogP contribution in [0, 0.1) is 5.92 Å². The molecule has 1 aromatic rings. The molecular weight excluding hydrogens is 236 g/mol. The average molecular weight is 262 g/mol. The Kier molecular flexibility index (Phi) is 5.00. The summed E-state index contributed by atoms with van der Waals surface area (Å²) in [6.07, 6.45) is 3.64. The average Bonchev–Trinajstić information content (AvgIpc) is 2.99. The lowest BCUT2D eigenvalue weighted by molar-refractivity contribution is 0.0905. The number of rotatable bonds is 5. The third-order valence-electron chi connectivity index (χ3n) is 4.29. The number of aliphatic hydroxyl groups excluding tert-OH is 1. The molecule has 2 atom stereocenters. The molecule has 19 heavy (non-hydrogen) atoms. The summed E-state index contributed by atoms with van der Waals surface area (Å²) < 4.78 is 5.43. The number of aryl methyl sites for hydroxylation is 3. The first-order chi connectivity index (χ1) is 9.21. The second-order valence-corrected chi connectivity index (χ2v) is 5.46. The van der Waals surface area contributed by atoms with Gasteiger partial charge in [0.2, 0.25) is 0 Å². The molecule has 2 nitrogen and oxygen atoms in total. The fourth-order valence-electron chi connectivity index (χ4n) is 3.06. The van der Waals surface area contributed by atoms with Crippen molar-refractivity contribution in [2.24, 2.45) is 5.92 Å². The molecule has 0 radical (unpaired) electrons. The van der Waals surface area contributed by atoms with Crippen LogP contribution in [0.1, 0.15) is 55.5 Å². The SMILES string of the molecule is CCc1cc(CC)c(C(O)C2CCOC2)c(CC)c1. The van der Waals surface area contributed by atoms with E-state index < -0.39 is 0 Å². The zero-order valence-electron chi connectivity index (χ0n) is 12.4. The summed E-state index contributed by atoms with van der Waals surface area (Å²) in [7, 11) is 0. The molecule has 0 saturated carbocycles. The highest BCUT2D eigenvalue weighted by atomic mass is 16.5. The molecule has 2 heteroatoms. The van der Waals surface area contributed by atoms with Gasteiger partial charge in [0, 0.05) is 12.5 Å². The van der Waals surface area contributed by atoms with Crippen molar-refractivity contribution in [2.45, 2.75) is 52.6 Å². The molecule has 1 saturated heterocycles. The maximum atomic E-state index is 10.7. The molecule has 1 N–H and O–H groups in total. The van der Waals surface area contributed by atoms with Gasteiger partial charge in [-0.05, 0) is 47.9 Å². The van der Waals surface area contributed by atoms with Crippen LogP contribution in [0.5, 0.6) is 0 Å². The number of hydrogen-bond donors (Lipinski definition) is 1. The summed E-state index contributed by atoms with van der Waals surface area (Å²) in [6, 6.07) is 4.54. The lowest BCUT2D eigenvalue weighted by atomic mass is 9.85. The van der Waals surface area contributed by atoms with Gasteiger partial charge in [0.25, 0.3) is 0 Å². The van der Waals surface area contributed by atoms with Gasteiger partial charge in [0.05, 0.1) is 12.7 Å². The van der Waals surface area contributed by atoms with Gasteiger partial charge in [-0.1, -0.05) is 32.9 Å². The van der Waals surface area contributed by atoms with Gasteiger partial charge in [0.15, 0.2) is 0 Å². The minimum atomic E-state index is -0.363. The standard InChI is InChI=1S/C17H26O2/c1-4-12-9-13(5-2)16(14(6-3)10-12)17(18)15-7-8-19-11-15/h9-10,15,17-18H,4-8,11H2,1-3H3. The zero-order valence-corrected chi connectivity index (χ0v) is 12.4. The molecule has 2 rings (SSSR count). The Morgan fingerprint density at radius 2 is 1.79 bits per heavy atom. The van der Waals surface area contributed by atoms with Crippen molar-refractivity contribution < 1.29 is 9.84 Å². The summed E-state index contributed by atoms with van der Waals surface area (Å²) in [5, 5.41) is 10.7. The number of hydrogen-bond acceptors (Lipinski definition) is 2. The molecule has 0 aromatic heterocycles. The smallest absolute Gasteiger partial charge is 0.0846 e. The van der Waals surface area contributed by atoms with E-state index in [1.54, 1.807) is 0 Å². The van der Waals surface area contributed by atoms with E-state index in [2.05, 4.69) is 32.9 Å². The van der Waals surface area contributed by atoms with Crippen LogP contribution in [0.25, 0.3) is 0 Å². The van der Waals surface area contributed by atoms with E-state index in [1.807, 2.05) is 0 Å². The lowest BCUT2D eigenvalue weighted by Crippen LogP contribution is -2.16. The van der Waals surface area contributed by atoms with Gasteiger partial charge in [-0.3, -0.25) is 0 Å². The summed E-state index contributed by atoms with van der Waals surface area (Å²) in [6.45, 7) is 8.03. The molecule has 0 amide bonds. The Morgan fingerprint density at radius 1 is 1.16 bits per heavy atom. The van der Waals surface area contributed by atoms with Crippen LogP contribution in [0.15, 0.2) is 12.1 Å². The van der Waals surface area contributed by atoms with Crippen molar-refractivity contribution in [3.05, 3.63) is 34.4 Å². The molecule has 1 aliphatic rings. The minimum absolute atomic E-state index is 0.267. The molecule has 0 bridgehead atoms. The van der Waals surface area contributed by atoms with Crippen molar-refractivity contribution in [1.82, 2.24) is 0 Å². The third-order valence-corrected chi connectivity index (χ3v) is 4.29. The quantitative estimate of drug-likeness (QED) is 0.880. The molecule has 2 unspecified atom stereocenters. The van der Waals surface area contributed by atoms with E-state index >= 15 is 0 Å². The molecule has 1 fully saturated rings. The highest BCUT2D eigenvalue weighted by molar-refractivity contribution is 5.41. The minimum Gasteiger partial charge on any atom is -0.388 e. The summed E-state index contributed by atoms with van der Waals surface area (Å²) in [4.78, 5) is 0. The maximum Gasteiger partial charge on any atom is 0.0846 e. The van der Waals surface area contributed by atoms with E-state index in [9.17, 15) is 5.11 Å². The molecule has 0 aliphatic carbocycles. The van der Waals surface area contributed by atoms with Crippen LogP contribution in [0.2, 0.25) is 0 Å². The number of ether oxygens (including phenoxy) is 1. The molecule has 1 aromatic carbocycles. The van der Waals surface area contributed by atoms with E-state index in [1.165, 1.54) is 22.3 Å². The van der Waals surface area contributed by atoms with Gasteiger partial charge in [-0.2, -0.15) is 0 Å². The van der Waals surface area contributed by atoms with Gasteiger partial charge < -0.3 is 9.84 Å². The van der Waals surface area contributed by atoms with Crippen molar-refractivity contribution in [1.29, 1.82) is 0 Å². The van der Waals surface area contributed by atoms with Crippen molar-refractivity contribution in [3.8, 4) is 0 Å². The van der Waals surface area contributed by atoms with Crippen LogP contribution >= 0.6 is 0 Å². The molecular formula is C17H26O2. The Morgan fingerprint density at radius 3 is 2.21 bits per heavy atom. The first-order valence-electron chi connectivity index (χ1n) is 7.61. The molecule has 1 heterocycles.